The number of esters is 3. The van der Waals surface area contributed by atoms with Crippen molar-refractivity contribution in [1.82, 2.24) is 0 Å². The van der Waals surface area contributed by atoms with Crippen LogP contribution in [-0.4, -0.2) is 38.2 Å². The van der Waals surface area contributed by atoms with Gasteiger partial charge in [-0.1, -0.05) is 0 Å². The van der Waals surface area contributed by atoms with Gasteiger partial charge in [-0.05, 0) is 37.1 Å². The normalized spacial score (nSPS) is 9.81. The summed E-state index contributed by atoms with van der Waals surface area (Å²) in [6.07, 6.45) is 1.24. The van der Waals surface area contributed by atoms with E-state index in [1.807, 2.05) is 0 Å². The summed E-state index contributed by atoms with van der Waals surface area (Å²) in [5.74, 6) is -1.24. The number of benzene rings is 1. The van der Waals surface area contributed by atoms with Crippen LogP contribution in [0.1, 0.15) is 40.5 Å². The molecule has 0 aliphatic rings. The van der Waals surface area contributed by atoms with Crippen LogP contribution in [0.4, 0.5) is 0 Å². The molecule has 0 amide bonds. The molecule has 0 radical (unpaired) electrons. The van der Waals surface area contributed by atoms with Crippen molar-refractivity contribution in [2.24, 2.45) is 0 Å². The van der Waals surface area contributed by atoms with Crippen molar-refractivity contribution in [2.75, 3.05) is 20.3 Å². The van der Waals surface area contributed by atoms with Gasteiger partial charge in [-0.15, -0.1) is 0 Å². The van der Waals surface area contributed by atoms with E-state index in [-0.39, 0.29) is 12.6 Å². The van der Waals surface area contributed by atoms with Crippen molar-refractivity contribution >= 4 is 17.9 Å². The van der Waals surface area contributed by atoms with Gasteiger partial charge in [0.05, 0.1) is 31.5 Å². The second-order valence-corrected chi connectivity index (χ2v) is 4.25. The molecule has 0 saturated carbocycles. The molecule has 1 rings (SSSR count). The molecule has 0 N–H and O–H groups in total. The second kappa shape index (κ2) is 8.73. The number of rotatable bonds is 7. The van der Waals surface area contributed by atoms with Crippen molar-refractivity contribution < 1.29 is 28.6 Å². The number of hydrogen-bond acceptors (Lipinski definition) is 6. The van der Waals surface area contributed by atoms with Gasteiger partial charge in [-0.2, -0.15) is 0 Å². The molecule has 0 aromatic heterocycles. The molecule has 0 heterocycles. The highest BCUT2D eigenvalue weighted by molar-refractivity contribution is 5.93. The third kappa shape index (κ3) is 6.07. The maximum Gasteiger partial charge on any atom is 0.338 e. The molecule has 0 fully saturated rings. The molecule has 6 heteroatoms. The average Bonchev–Trinajstić information content (AvgIpc) is 2.49. The lowest BCUT2D eigenvalue weighted by atomic mass is 10.1. The third-order valence-electron chi connectivity index (χ3n) is 2.62. The molecule has 21 heavy (non-hydrogen) atoms. The Kier molecular flexibility index (Phi) is 6.94. The smallest absolute Gasteiger partial charge is 0.338 e. The van der Waals surface area contributed by atoms with E-state index < -0.39 is 11.9 Å². The van der Waals surface area contributed by atoms with E-state index in [1.165, 1.54) is 38.3 Å². The molecule has 0 saturated heterocycles. The van der Waals surface area contributed by atoms with Gasteiger partial charge in [0.15, 0.2) is 0 Å². The summed E-state index contributed by atoms with van der Waals surface area (Å²) in [7, 11) is 1.29. The Hall–Kier alpha value is -2.37. The summed E-state index contributed by atoms with van der Waals surface area (Å²) in [5.41, 5.74) is 0.734. The molecular formula is C15H18O6. The number of carbonyl (C=O) groups is 3. The number of methoxy groups -OCH3 is 1. The van der Waals surface area contributed by atoms with E-state index in [1.54, 1.807) is 0 Å². The molecule has 0 bridgehead atoms. The molecule has 0 atom stereocenters. The largest absolute Gasteiger partial charge is 0.466 e. The number of ether oxygens (including phenoxy) is 3. The van der Waals surface area contributed by atoms with Gasteiger partial charge in [0, 0.05) is 6.92 Å². The van der Waals surface area contributed by atoms with Gasteiger partial charge in [0.25, 0.3) is 0 Å². The van der Waals surface area contributed by atoms with Crippen LogP contribution in [-0.2, 0) is 19.0 Å². The van der Waals surface area contributed by atoms with Gasteiger partial charge >= 0.3 is 17.9 Å². The molecule has 0 unspecified atom stereocenters. The Balaban J connectivity index is 2.32. The summed E-state index contributed by atoms with van der Waals surface area (Å²) < 4.78 is 14.4. The molecule has 0 spiro atoms. The zero-order chi connectivity index (χ0) is 15.7. The number of carbonyl (C=O) groups excluding carboxylic acids is 3. The van der Waals surface area contributed by atoms with Crippen molar-refractivity contribution in [1.29, 1.82) is 0 Å². The van der Waals surface area contributed by atoms with Crippen LogP contribution in [0.2, 0.25) is 0 Å². The topological polar surface area (TPSA) is 78.9 Å². The fourth-order valence-electron chi connectivity index (χ4n) is 1.53. The Morgan fingerprint density at radius 2 is 1.33 bits per heavy atom. The maximum atomic E-state index is 11.7. The minimum absolute atomic E-state index is 0.249. The molecule has 6 nitrogen and oxygen atoms in total. The summed E-state index contributed by atoms with van der Waals surface area (Å²) in [4.78, 5) is 33.5. The lowest BCUT2D eigenvalue weighted by Crippen LogP contribution is -2.08. The summed E-state index contributed by atoms with van der Waals surface area (Å²) >= 11 is 0. The first-order valence-electron chi connectivity index (χ1n) is 6.53. The zero-order valence-electron chi connectivity index (χ0n) is 12.1. The first-order chi connectivity index (χ1) is 10.0. The zero-order valence-corrected chi connectivity index (χ0v) is 12.1. The maximum absolute atomic E-state index is 11.7. The number of unbranched alkanes of at least 4 members (excludes halogenated alkanes) is 1. The minimum atomic E-state index is -0.459. The van der Waals surface area contributed by atoms with E-state index >= 15 is 0 Å². The monoisotopic (exact) mass is 294 g/mol. The SMILES string of the molecule is COC(=O)c1ccc(C(=O)OCCCCOC(C)=O)cc1. The standard InChI is InChI=1S/C15H18O6/c1-11(16)20-9-3-4-10-21-15(18)13-7-5-12(6-8-13)14(17)19-2/h5-8H,3-4,9-10H2,1-2H3. The third-order valence-corrected chi connectivity index (χ3v) is 2.62. The van der Waals surface area contributed by atoms with Gasteiger partial charge < -0.3 is 14.2 Å². The van der Waals surface area contributed by atoms with Crippen LogP contribution in [0.25, 0.3) is 0 Å². The first-order valence-corrected chi connectivity index (χ1v) is 6.53. The molecule has 1 aromatic rings. The molecule has 0 aliphatic carbocycles. The van der Waals surface area contributed by atoms with Crippen molar-refractivity contribution in [3.05, 3.63) is 35.4 Å². The predicted octanol–water partition coefficient (Wildman–Crippen LogP) is 1.97. The summed E-state index contributed by atoms with van der Waals surface area (Å²) in [6, 6.07) is 6.02. The molecule has 1 aromatic carbocycles. The molecule has 0 aliphatic heterocycles. The molecular weight excluding hydrogens is 276 g/mol. The fraction of sp³-hybridized carbons (Fsp3) is 0.400. The Morgan fingerprint density at radius 1 is 0.857 bits per heavy atom. The second-order valence-electron chi connectivity index (χ2n) is 4.25. The van der Waals surface area contributed by atoms with E-state index in [9.17, 15) is 14.4 Å². The van der Waals surface area contributed by atoms with Crippen molar-refractivity contribution in [3.63, 3.8) is 0 Å². The Morgan fingerprint density at radius 3 is 1.81 bits per heavy atom. The van der Waals surface area contributed by atoms with E-state index in [0.717, 1.165) is 0 Å². The summed E-state index contributed by atoms with van der Waals surface area (Å²) in [5, 5.41) is 0. The lowest BCUT2D eigenvalue weighted by molar-refractivity contribution is -0.141. The Bertz CT molecular complexity index is 491. The van der Waals surface area contributed by atoms with Crippen LogP contribution in [0, 0.1) is 0 Å². The van der Waals surface area contributed by atoms with Crippen LogP contribution < -0.4 is 0 Å². The van der Waals surface area contributed by atoms with E-state index in [0.29, 0.717) is 30.6 Å². The van der Waals surface area contributed by atoms with Gasteiger partial charge in [0.2, 0.25) is 0 Å². The minimum Gasteiger partial charge on any atom is -0.466 e. The van der Waals surface area contributed by atoms with Gasteiger partial charge in [0.1, 0.15) is 0 Å². The van der Waals surface area contributed by atoms with Crippen molar-refractivity contribution in [3.8, 4) is 0 Å². The predicted molar refractivity (Wildman–Crippen MR) is 73.9 cm³/mol. The van der Waals surface area contributed by atoms with Gasteiger partial charge in [-0.3, -0.25) is 4.79 Å². The van der Waals surface area contributed by atoms with E-state index in [2.05, 4.69) is 4.74 Å². The quantitative estimate of drug-likeness (QED) is 0.434. The van der Waals surface area contributed by atoms with Crippen LogP contribution in [0.5, 0.6) is 0 Å². The van der Waals surface area contributed by atoms with E-state index in [4.69, 9.17) is 9.47 Å². The van der Waals surface area contributed by atoms with Crippen molar-refractivity contribution in [2.45, 2.75) is 19.8 Å². The lowest BCUT2D eigenvalue weighted by Gasteiger charge is -2.06. The highest BCUT2D eigenvalue weighted by atomic mass is 16.5. The Labute approximate surface area is 123 Å². The summed E-state index contributed by atoms with van der Waals surface area (Å²) in [6.45, 7) is 1.91. The average molecular weight is 294 g/mol. The van der Waals surface area contributed by atoms with Crippen LogP contribution >= 0.6 is 0 Å². The molecule has 114 valence electrons. The highest BCUT2D eigenvalue weighted by Gasteiger charge is 2.09. The van der Waals surface area contributed by atoms with Crippen LogP contribution in [0.15, 0.2) is 24.3 Å². The first kappa shape index (κ1) is 16.7. The fourth-order valence-corrected chi connectivity index (χ4v) is 1.53. The van der Waals surface area contributed by atoms with Crippen LogP contribution in [0.3, 0.4) is 0 Å². The van der Waals surface area contributed by atoms with Gasteiger partial charge in [-0.25, -0.2) is 9.59 Å². The highest BCUT2D eigenvalue weighted by Crippen LogP contribution is 2.07. The number of hydrogen-bond donors (Lipinski definition) is 0.